The summed E-state index contributed by atoms with van der Waals surface area (Å²) in [4.78, 5) is 11.4. The van der Waals surface area contributed by atoms with E-state index in [4.69, 9.17) is 0 Å². The van der Waals surface area contributed by atoms with Crippen LogP contribution in [0.4, 0.5) is 0 Å². The Morgan fingerprint density at radius 1 is 1.39 bits per heavy atom. The normalized spacial score (nSPS) is 22.3. The lowest BCUT2D eigenvalue weighted by molar-refractivity contribution is -0.142. The highest BCUT2D eigenvalue weighted by Gasteiger charge is 2.54. The number of carbonyl (C=O) groups is 1. The average Bonchev–Trinajstić information content (AvgIpc) is 2.81. The van der Waals surface area contributed by atoms with E-state index in [1.54, 1.807) is 0 Å². The van der Waals surface area contributed by atoms with Gasteiger partial charge >= 0.3 is 5.97 Å². The molecule has 0 unspecified atom stereocenters. The van der Waals surface area contributed by atoms with E-state index >= 15 is 0 Å². The van der Waals surface area contributed by atoms with Crippen molar-refractivity contribution in [2.24, 2.45) is 5.92 Å². The molecule has 0 amide bonds. The molecule has 1 aromatic heterocycles. The van der Waals surface area contributed by atoms with Crippen LogP contribution in [0.25, 0.3) is 0 Å². The van der Waals surface area contributed by atoms with Crippen LogP contribution in [0.1, 0.15) is 50.2 Å². The molecule has 2 aliphatic carbocycles. The highest BCUT2D eigenvalue weighted by Crippen LogP contribution is 2.45. The molecule has 0 aromatic carbocycles. The minimum absolute atomic E-state index is 0.664. The van der Waals surface area contributed by atoms with Crippen molar-refractivity contribution in [3.63, 3.8) is 0 Å². The number of nitrogens with zero attached hydrogens (tertiary/aromatic N) is 3. The van der Waals surface area contributed by atoms with Crippen molar-refractivity contribution >= 4 is 5.97 Å². The van der Waals surface area contributed by atoms with Crippen molar-refractivity contribution in [2.75, 3.05) is 0 Å². The highest BCUT2D eigenvalue weighted by molar-refractivity contribution is 5.80. The number of aliphatic carboxylic acids is 1. The first kappa shape index (κ1) is 11.7. The second-order valence-corrected chi connectivity index (χ2v) is 5.69. The van der Waals surface area contributed by atoms with Crippen LogP contribution in [-0.2, 0) is 16.8 Å². The van der Waals surface area contributed by atoms with Crippen molar-refractivity contribution in [3.05, 3.63) is 11.6 Å². The van der Waals surface area contributed by atoms with Crippen LogP contribution in [0.5, 0.6) is 0 Å². The second-order valence-electron chi connectivity index (χ2n) is 5.69. The first-order chi connectivity index (χ1) is 8.63. The van der Waals surface area contributed by atoms with Gasteiger partial charge in [-0.25, -0.2) is 4.79 Å². The quantitative estimate of drug-likeness (QED) is 0.884. The monoisotopic (exact) mass is 249 g/mol. The van der Waals surface area contributed by atoms with Crippen LogP contribution in [-0.4, -0.2) is 25.8 Å². The second kappa shape index (κ2) is 4.07. The molecule has 2 saturated carbocycles. The van der Waals surface area contributed by atoms with Crippen molar-refractivity contribution in [3.8, 4) is 0 Å². The van der Waals surface area contributed by atoms with Gasteiger partial charge in [-0.2, -0.15) is 0 Å². The molecule has 0 atom stereocenters. The Morgan fingerprint density at radius 2 is 2.06 bits per heavy atom. The Bertz CT molecular complexity index is 471. The molecule has 1 heterocycles. The molecule has 18 heavy (non-hydrogen) atoms. The Kier molecular flexibility index (Phi) is 2.64. The number of carboxylic acid groups (broad SMARTS) is 1. The van der Waals surface area contributed by atoms with Gasteiger partial charge in [0.2, 0.25) is 0 Å². The predicted molar refractivity (Wildman–Crippen MR) is 65.3 cm³/mol. The van der Waals surface area contributed by atoms with Crippen LogP contribution in [0, 0.1) is 12.8 Å². The fourth-order valence-electron chi connectivity index (χ4n) is 3.22. The van der Waals surface area contributed by atoms with Gasteiger partial charge in [0.15, 0.2) is 0 Å². The lowest BCUT2D eigenvalue weighted by atomic mass is 10.0. The van der Waals surface area contributed by atoms with Crippen LogP contribution in [0.2, 0.25) is 0 Å². The van der Waals surface area contributed by atoms with Crippen LogP contribution in [0.15, 0.2) is 0 Å². The molecule has 0 aliphatic heterocycles. The van der Waals surface area contributed by atoms with E-state index in [2.05, 4.69) is 10.2 Å². The molecule has 5 heteroatoms. The maximum atomic E-state index is 11.4. The summed E-state index contributed by atoms with van der Waals surface area (Å²) in [5.74, 6) is 1.54. The van der Waals surface area contributed by atoms with Gasteiger partial charge < -0.3 is 5.11 Å². The molecular weight excluding hydrogens is 230 g/mol. The van der Waals surface area contributed by atoms with Crippen molar-refractivity contribution in [2.45, 2.75) is 57.4 Å². The maximum absolute atomic E-state index is 11.4. The van der Waals surface area contributed by atoms with Crippen LogP contribution < -0.4 is 0 Å². The molecule has 1 aromatic rings. The Labute approximate surface area is 106 Å². The third-order valence-electron chi connectivity index (χ3n) is 4.39. The van der Waals surface area contributed by atoms with Gasteiger partial charge in [0.25, 0.3) is 0 Å². The summed E-state index contributed by atoms with van der Waals surface area (Å²) in [5.41, 5.74) is -0.735. The molecule has 2 aliphatic rings. The molecule has 3 rings (SSSR count). The molecule has 2 fully saturated rings. The average molecular weight is 249 g/mol. The Hall–Kier alpha value is -1.39. The van der Waals surface area contributed by atoms with E-state index in [1.807, 2.05) is 11.5 Å². The Balaban J connectivity index is 1.89. The van der Waals surface area contributed by atoms with E-state index in [9.17, 15) is 9.90 Å². The first-order valence-corrected chi connectivity index (χ1v) is 6.78. The van der Waals surface area contributed by atoms with Gasteiger partial charge in [-0.15, -0.1) is 10.2 Å². The lowest BCUT2D eigenvalue weighted by Gasteiger charge is -2.17. The van der Waals surface area contributed by atoms with Gasteiger partial charge in [-0.05, 0) is 25.7 Å². The van der Waals surface area contributed by atoms with Crippen molar-refractivity contribution in [1.29, 1.82) is 0 Å². The summed E-state index contributed by atoms with van der Waals surface area (Å²) in [5, 5.41) is 17.7. The lowest BCUT2D eigenvalue weighted by Crippen LogP contribution is -2.30. The fourth-order valence-corrected chi connectivity index (χ4v) is 3.22. The molecule has 0 bridgehead atoms. The minimum atomic E-state index is -0.738. The van der Waals surface area contributed by atoms with Gasteiger partial charge in [-0.3, -0.25) is 4.57 Å². The van der Waals surface area contributed by atoms with E-state index in [1.165, 1.54) is 25.7 Å². The summed E-state index contributed by atoms with van der Waals surface area (Å²) >= 11 is 0. The summed E-state index contributed by atoms with van der Waals surface area (Å²) in [6, 6.07) is 0. The number of hydrogen-bond acceptors (Lipinski definition) is 3. The SMILES string of the molecule is Cc1nnc(CC2CCCC2)n1C1(C(=O)O)CC1. The Morgan fingerprint density at radius 3 is 2.61 bits per heavy atom. The standard InChI is InChI=1S/C13H19N3O2/c1-9-14-15-11(8-10-4-2-3-5-10)16(9)13(6-7-13)12(17)18/h10H,2-8H2,1H3,(H,17,18). The number of carboxylic acids is 1. The van der Waals surface area contributed by atoms with Crippen molar-refractivity contribution in [1.82, 2.24) is 14.8 Å². The summed E-state index contributed by atoms with van der Waals surface area (Å²) < 4.78 is 1.88. The van der Waals surface area contributed by atoms with E-state index in [0.717, 1.165) is 18.1 Å². The molecule has 5 nitrogen and oxygen atoms in total. The molecule has 0 saturated heterocycles. The summed E-state index contributed by atoms with van der Waals surface area (Å²) in [6.45, 7) is 1.86. The number of hydrogen-bond donors (Lipinski definition) is 1. The highest BCUT2D eigenvalue weighted by atomic mass is 16.4. The van der Waals surface area contributed by atoms with Crippen molar-refractivity contribution < 1.29 is 9.90 Å². The molecule has 0 spiro atoms. The van der Waals surface area contributed by atoms with Crippen LogP contribution >= 0.6 is 0 Å². The third-order valence-corrected chi connectivity index (χ3v) is 4.39. The third kappa shape index (κ3) is 1.72. The van der Waals surface area contributed by atoms with Gasteiger partial charge in [0.1, 0.15) is 17.2 Å². The summed E-state index contributed by atoms with van der Waals surface area (Å²) in [7, 11) is 0. The number of aryl methyl sites for hydroxylation is 1. The zero-order valence-corrected chi connectivity index (χ0v) is 10.7. The molecule has 98 valence electrons. The maximum Gasteiger partial charge on any atom is 0.329 e. The molecule has 0 radical (unpaired) electrons. The number of aromatic nitrogens is 3. The van der Waals surface area contributed by atoms with Crippen LogP contribution in [0.3, 0.4) is 0 Å². The fraction of sp³-hybridized carbons (Fsp3) is 0.769. The molecule has 1 N–H and O–H groups in total. The topological polar surface area (TPSA) is 68.0 Å². The smallest absolute Gasteiger partial charge is 0.329 e. The van der Waals surface area contributed by atoms with E-state index < -0.39 is 11.5 Å². The predicted octanol–water partition coefficient (Wildman–Crippen LogP) is 1.89. The van der Waals surface area contributed by atoms with Gasteiger partial charge in [0, 0.05) is 6.42 Å². The summed E-state index contributed by atoms with van der Waals surface area (Å²) in [6.07, 6.45) is 7.37. The van der Waals surface area contributed by atoms with E-state index in [-0.39, 0.29) is 0 Å². The molecular formula is C13H19N3O2. The largest absolute Gasteiger partial charge is 0.479 e. The van der Waals surface area contributed by atoms with Gasteiger partial charge in [-0.1, -0.05) is 25.7 Å². The number of rotatable bonds is 4. The zero-order valence-electron chi connectivity index (χ0n) is 10.7. The van der Waals surface area contributed by atoms with Gasteiger partial charge in [0.05, 0.1) is 0 Å². The first-order valence-electron chi connectivity index (χ1n) is 6.78. The minimum Gasteiger partial charge on any atom is -0.479 e. The zero-order chi connectivity index (χ0) is 12.8. The van der Waals surface area contributed by atoms with E-state index in [0.29, 0.717) is 18.8 Å².